The maximum absolute atomic E-state index is 6.49. The normalized spacial score (nSPS) is 11.1. The lowest BCUT2D eigenvalue weighted by Gasteiger charge is -2.08. The highest BCUT2D eigenvalue weighted by atomic mass is 35.5. The molecule has 0 fully saturated rings. The van der Waals surface area contributed by atoms with E-state index < -0.39 is 0 Å². The zero-order valence-corrected chi connectivity index (χ0v) is 14.9. The van der Waals surface area contributed by atoms with Gasteiger partial charge in [0.05, 0.1) is 21.8 Å². The van der Waals surface area contributed by atoms with Crippen molar-refractivity contribution in [3.8, 4) is 11.5 Å². The van der Waals surface area contributed by atoms with Gasteiger partial charge in [0.25, 0.3) is 5.22 Å². The Morgan fingerprint density at radius 3 is 2.84 bits per heavy atom. The van der Waals surface area contributed by atoms with Gasteiger partial charge < -0.3 is 4.42 Å². The highest BCUT2D eigenvalue weighted by molar-refractivity contribution is 7.98. The Bertz CT molecular complexity index is 1040. The third-order valence-electron chi connectivity index (χ3n) is 3.79. The summed E-state index contributed by atoms with van der Waals surface area (Å²) in [7, 11) is 0. The standard InChI is InChI=1S/C18H13ClN4OS/c1-11-13-6-2-3-7-14(13)21-15(16(11)19)10-25-18-23-22-17(24-18)12-5-4-8-20-9-12/h2-9H,10H2,1H3. The fraction of sp³-hybridized carbons (Fsp3) is 0.111. The van der Waals surface area contributed by atoms with Gasteiger partial charge in [-0.05, 0) is 30.7 Å². The van der Waals surface area contributed by atoms with E-state index in [0.717, 1.165) is 27.7 Å². The summed E-state index contributed by atoms with van der Waals surface area (Å²) >= 11 is 7.90. The van der Waals surface area contributed by atoms with Crippen LogP contribution in [-0.2, 0) is 5.75 Å². The molecule has 0 N–H and O–H groups in total. The van der Waals surface area contributed by atoms with Crippen molar-refractivity contribution in [3.05, 3.63) is 65.1 Å². The summed E-state index contributed by atoms with van der Waals surface area (Å²) in [4.78, 5) is 8.72. The molecule has 0 saturated heterocycles. The van der Waals surface area contributed by atoms with Gasteiger partial charge in [0.1, 0.15) is 0 Å². The van der Waals surface area contributed by atoms with Crippen molar-refractivity contribution in [1.29, 1.82) is 0 Å². The predicted octanol–water partition coefficient (Wildman–Crippen LogP) is 4.93. The number of aromatic nitrogens is 4. The van der Waals surface area contributed by atoms with Crippen LogP contribution in [-0.4, -0.2) is 20.2 Å². The molecule has 25 heavy (non-hydrogen) atoms. The van der Waals surface area contributed by atoms with E-state index in [1.807, 2.05) is 43.3 Å². The summed E-state index contributed by atoms with van der Waals surface area (Å²) in [6.07, 6.45) is 3.39. The number of hydrogen-bond acceptors (Lipinski definition) is 6. The SMILES string of the molecule is Cc1c(Cl)c(CSc2nnc(-c3cccnc3)o2)nc2ccccc12. The number of pyridine rings is 2. The second kappa shape index (κ2) is 6.82. The molecule has 0 atom stereocenters. The molecule has 124 valence electrons. The highest BCUT2D eigenvalue weighted by Crippen LogP contribution is 2.31. The molecule has 3 heterocycles. The van der Waals surface area contributed by atoms with Crippen molar-refractivity contribution >= 4 is 34.3 Å². The number of thioether (sulfide) groups is 1. The summed E-state index contributed by atoms with van der Waals surface area (Å²) < 4.78 is 5.68. The molecule has 0 aliphatic heterocycles. The summed E-state index contributed by atoms with van der Waals surface area (Å²) in [5, 5.41) is 10.3. The summed E-state index contributed by atoms with van der Waals surface area (Å²) in [5.74, 6) is 1.00. The molecular formula is C18H13ClN4OS. The smallest absolute Gasteiger partial charge is 0.277 e. The average molecular weight is 369 g/mol. The van der Waals surface area contributed by atoms with E-state index in [2.05, 4.69) is 20.2 Å². The van der Waals surface area contributed by atoms with E-state index in [1.54, 1.807) is 12.4 Å². The fourth-order valence-corrected chi connectivity index (χ4v) is 3.51. The van der Waals surface area contributed by atoms with Gasteiger partial charge >= 0.3 is 0 Å². The Balaban J connectivity index is 1.57. The van der Waals surface area contributed by atoms with Gasteiger partial charge in [0.15, 0.2) is 0 Å². The molecule has 0 aliphatic carbocycles. The van der Waals surface area contributed by atoms with E-state index in [9.17, 15) is 0 Å². The van der Waals surface area contributed by atoms with Crippen LogP contribution in [0.2, 0.25) is 5.02 Å². The Kier molecular flexibility index (Phi) is 4.38. The zero-order chi connectivity index (χ0) is 17.2. The topological polar surface area (TPSA) is 64.7 Å². The van der Waals surface area contributed by atoms with Crippen molar-refractivity contribution < 1.29 is 4.42 Å². The number of fused-ring (bicyclic) bond motifs is 1. The van der Waals surface area contributed by atoms with Crippen molar-refractivity contribution in [1.82, 2.24) is 20.2 Å². The third-order valence-corrected chi connectivity index (χ3v) is 5.12. The maximum Gasteiger partial charge on any atom is 0.277 e. The van der Waals surface area contributed by atoms with Crippen LogP contribution >= 0.6 is 23.4 Å². The highest BCUT2D eigenvalue weighted by Gasteiger charge is 2.13. The van der Waals surface area contributed by atoms with Crippen molar-refractivity contribution in [2.24, 2.45) is 0 Å². The number of hydrogen-bond donors (Lipinski definition) is 0. The Morgan fingerprint density at radius 2 is 2.00 bits per heavy atom. The van der Waals surface area contributed by atoms with Crippen LogP contribution in [0.25, 0.3) is 22.4 Å². The molecule has 0 amide bonds. The maximum atomic E-state index is 6.49. The first-order valence-corrected chi connectivity index (χ1v) is 8.99. The van der Waals surface area contributed by atoms with Gasteiger partial charge in [0, 0.05) is 23.5 Å². The summed E-state index contributed by atoms with van der Waals surface area (Å²) in [5.41, 5.74) is 3.56. The van der Waals surface area contributed by atoms with Gasteiger partial charge in [-0.1, -0.05) is 41.6 Å². The Labute approximate surface area is 153 Å². The first kappa shape index (κ1) is 16.1. The Hall–Kier alpha value is -2.44. The minimum Gasteiger partial charge on any atom is -0.411 e. The Morgan fingerprint density at radius 1 is 1.12 bits per heavy atom. The average Bonchev–Trinajstić information content (AvgIpc) is 3.13. The van der Waals surface area contributed by atoms with Crippen molar-refractivity contribution in [2.75, 3.05) is 0 Å². The second-order valence-corrected chi connectivity index (χ2v) is 6.72. The number of aryl methyl sites for hydroxylation is 1. The van der Waals surface area contributed by atoms with Crippen LogP contribution in [0.5, 0.6) is 0 Å². The number of halogens is 1. The van der Waals surface area contributed by atoms with Crippen LogP contribution in [0, 0.1) is 6.92 Å². The van der Waals surface area contributed by atoms with Gasteiger partial charge in [-0.2, -0.15) is 0 Å². The largest absolute Gasteiger partial charge is 0.411 e. The van der Waals surface area contributed by atoms with Crippen molar-refractivity contribution in [3.63, 3.8) is 0 Å². The molecule has 5 nitrogen and oxygen atoms in total. The molecule has 0 unspecified atom stereocenters. The van der Waals surface area contributed by atoms with Gasteiger partial charge in [-0.15, -0.1) is 10.2 Å². The molecule has 0 saturated carbocycles. The number of nitrogens with zero attached hydrogens (tertiary/aromatic N) is 4. The second-order valence-electron chi connectivity index (χ2n) is 5.42. The minimum absolute atomic E-state index is 0.448. The van der Waals surface area contributed by atoms with Gasteiger partial charge in [-0.3, -0.25) is 9.97 Å². The van der Waals surface area contributed by atoms with Crippen LogP contribution in [0.1, 0.15) is 11.3 Å². The van der Waals surface area contributed by atoms with Crippen LogP contribution in [0.3, 0.4) is 0 Å². The minimum atomic E-state index is 0.448. The van der Waals surface area contributed by atoms with E-state index in [0.29, 0.717) is 21.9 Å². The third kappa shape index (κ3) is 3.23. The monoisotopic (exact) mass is 368 g/mol. The molecule has 4 rings (SSSR count). The predicted molar refractivity (Wildman–Crippen MR) is 98.6 cm³/mol. The van der Waals surface area contributed by atoms with Crippen LogP contribution < -0.4 is 0 Å². The number of para-hydroxylation sites is 1. The lowest BCUT2D eigenvalue weighted by molar-refractivity contribution is 0.465. The zero-order valence-electron chi connectivity index (χ0n) is 13.3. The van der Waals surface area contributed by atoms with E-state index in [4.69, 9.17) is 16.0 Å². The number of rotatable bonds is 4. The van der Waals surface area contributed by atoms with E-state index in [-0.39, 0.29) is 0 Å². The van der Waals surface area contributed by atoms with E-state index in [1.165, 1.54) is 11.8 Å². The van der Waals surface area contributed by atoms with Crippen LogP contribution in [0.4, 0.5) is 0 Å². The van der Waals surface area contributed by atoms with Crippen LogP contribution in [0.15, 0.2) is 58.4 Å². The lowest BCUT2D eigenvalue weighted by atomic mass is 10.1. The molecular weight excluding hydrogens is 356 g/mol. The fourth-order valence-electron chi connectivity index (χ4n) is 2.52. The van der Waals surface area contributed by atoms with Gasteiger partial charge in [0.2, 0.25) is 5.89 Å². The molecule has 7 heteroatoms. The molecule has 0 radical (unpaired) electrons. The molecule has 3 aromatic heterocycles. The summed E-state index contributed by atoms with van der Waals surface area (Å²) in [6, 6.07) is 11.7. The van der Waals surface area contributed by atoms with Gasteiger partial charge in [-0.25, -0.2) is 0 Å². The lowest BCUT2D eigenvalue weighted by Crippen LogP contribution is -1.94. The van der Waals surface area contributed by atoms with Crippen molar-refractivity contribution in [2.45, 2.75) is 17.9 Å². The van der Waals surface area contributed by atoms with E-state index >= 15 is 0 Å². The quantitative estimate of drug-likeness (QED) is 0.475. The molecule has 0 spiro atoms. The first-order valence-electron chi connectivity index (χ1n) is 7.63. The number of benzene rings is 1. The molecule has 4 aromatic rings. The molecule has 0 bridgehead atoms. The first-order chi connectivity index (χ1) is 12.2. The summed E-state index contributed by atoms with van der Waals surface area (Å²) in [6.45, 7) is 2.01. The molecule has 0 aliphatic rings. The molecule has 1 aromatic carbocycles.